The van der Waals surface area contributed by atoms with Gasteiger partial charge in [-0.25, -0.2) is 5.43 Å². The first kappa shape index (κ1) is 18.8. The topological polar surface area (TPSA) is 69.2 Å². The minimum Gasteiger partial charge on any atom is -0.496 e. The number of nitrogens with one attached hydrogen (secondary N) is 1. The van der Waals surface area contributed by atoms with Crippen molar-refractivity contribution in [3.05, 3.63) is 52.0 Å². The van der Waals surface area contributed by atoms with E-state index in [1.165, 1.54) is 6.21 Å². The molecule has 0 unspecified atom stereocenters. The zero-order valence-corrected chi connectivity index (χ0v) is 15.8. The van der Waals surface area contributed by atoms with Gasteiger partial charge in [0.1, 0.15) is 5.75 Å². The Labute approximate surface area is 154 Å². The second-order valence-electron chi connectivity index (χ2n) is 4.88. The standard InChI is InChI=1S/C18H19BrN2O4/c1-4-25-17-10-12(5-7-16(17)24-3)18(22)21-20-11-13-9-14(19)6-8-15(13)23-2/h5-11H,4H2,1-3H3,(H,21,22)/b20-11+. The number of nitrogens with zero attached hydrogens (tertiary/aromatic N) is 1. The molecule has 2 aromatic carbocycles. The highest BCUT2D eigenvalue weighted by atomic mass is 79.9. The number of hydrazone groups is 1. The normalized spacial score (nSPS) is 10.6. The molecule has 0 bridgehead atoms. The summed E-state index contributed by atoms with van der Waals surface area (Å²) in [4.78, 5) is 12.3. The zero-order chi connectivity index (χ0) is 18.2. The highest BCUT2D eigenvalue weighted by Gasteiger charge is 2.10. The molecule has 0 spiro atoms. The molecule has 0 aromatic heterocycles. The van der Waals surface area contributed by atoms with Gasteiger partial charge in [0.2, 0.25) is 0 Å². The largest absolute Gasteiger partial charge is 0.496 e. The van der Waals surface area contributed by atoms with E-state index in [1.54, 1.807) is 32.4 Å². The zero-order valence-electron chi connectivity index (χ0n) is 14.2. The van der Waals surface area contributed by atoms with Gasteiger partial charge in [0, 0.05) is 15.6 Å². The quantitative estimate of drug-likeness (QED) is 0.562. The molecule has 0 aliphatic rings. The van der Waals surface area contributed by atoms with Crippen LogP contribution in [0.2, 0.25) is 0 Å². The number of carbonyl (C=O) groups excluding carboxylic acids is 1. The summed E-state index contributed by atoms with van der Waals surface area (Å²) in [5.74, 6) is 1.38. The number of hydrogen-bond donors (Lipinski definition) is 1. The molecule has 0 atom stereocenters. The van der Waals surface area contributed by atoms with E-state index in [2.05, 4.69) is 26.5 Å². The molecular weight excluding hydrogens is 388 g/mol. The molecule has 0 heterocycles. The van der Waals surface area contributed by atoms with Crippen LogP contribution in [0.25, 0.3) is 0 Å². The summed E-state index contributed by atoms with van der Waals surface area (Å²) in [5, 5.41) is 3.99. The Morgan fingerprint density at radius 2 is 1.84 bits per heavy atom. The third-order valence-electron chi connectivity index (χ3n) is 3.29. The van der Waals surface area contributed by atoms with E-state index in [0.717, 1.165) is 10.0 Å². The lowest BCUT2D eigenvalue weighted by molar-refractivity contribution is 0.0954. The molecule has 25 heavy (non-hydrogen) atoms. The molecule has 7 heteroatoms. The van der Waals surface area contributed by atoms with Gasteiger partial charge >= 0.3 is 0 Å². The van der Waals surface area contributed by atoms with Crippen LogP contribution in [-0.2, 0) is 0 Å². The lowest BCUT2D eigenvalue weighted by atomic mass is 10.2. The number of methoxy groups -OCH3 is 2. The average Bonchev–Trinajstić information content (AvgIpc) is 2.62. The maximum Gasteiger partial charge on any atom is 0.271 e. The number of halogens is 1. The van der Waals surface area contributed by atoms with E-state index in [1.807, 2.05) is 25.1 Å². The van der Waals surface area contributed by atoms with Crippen molar-refractivity contribution in [2.75, 3.05) is 20.8 Å². The minimum atomic E-state index is -0.353. The van der Waals surface area contributed by atoms with Gasteiger partial charge in [-0.3, -0.25) is 4.79 Å². The average molecular weight is 407 g/mol. The van der Waals surface area contributed by atoms with Crippen molar-refractivity contribution in [1.29, 1.82) is 0 Å². The summed E-state index contributed by atoms with van der Waals surface area (Å²) in [5.41, 5.74) is 3.65. The first-order valence-corrected chi connectivity index (χ1v) is 8.36. The molecule has 0 saturated heterocycles. The van der Waals surface area contributed by atoms with Crippen LogP contribution in [0.1, 0.15) is 22.8 Å². The maximum atomic E-state index is 12.3. The van der Waals surface area contributed by atoms with Crippen molar-refractivity contribution < 1.29 is 19.0 Å². The molecule has 1 N–H and O–H groups in total. The summed E-state index contributed by atoms with van der Waals surface area (Å²) in [6.45, 7) is 2.34. The number of hydrogen-bond acceptors (Lipinski definition) is 5. The van der Waals surface area contributed by atoms with E-state index in [-0.39, 0.29) is 5.91 Å². The van der Waals surface area contributed by atoms with Crippen LogP contribution in [0.15, 0.2) is 46.0 Å². The molecule has 1 amide bonds. The van der Waals surface area contributed by atoms with Gasteiger partial charge in [0.15, 0.2) is 11.5 Å². The molecule has 0 aliphatic carbocycles. The second kappa shape index (κ2) is 9.08. The smallest absolute Gasteiger partial charge is 0.271 e. The lowest BCUT2D eigenvalue weighted by Gasteiger charge is -2.10. The minimum absolute atomic E-state index is 0.353. The van der Waals surface area contributed by atoms with Gasteiger partial charge in [-0.2, -0.15) is 5.10 Å². The van der Waals surface area contributed by atoms with Crippen molar-refractivity contribution in [3.8, 4) is 17.2 Å². The van der Waals surface area contributed by atoms with Crippen molar-refractivity contribution in [2.45, 2.75) is 6.92 Å². The van der Waals surface area contributed by atoms with Crippen LogP contribution in [0.5, 0.6) is 17.2 Å². The number of benzene rings is 2. The van der Waals surface area contributed by atoms with Crippen LogP contribution in [-0.4, -0.2) is 32.9 Å². The highest BCUT2D eigenvalue weighted by molar-refractivity contribution is 9.10. The monoisotopic (exact) mass is 406 g/mol. The van der Waals surface area contributed by atoms with Gasteiger partial charge in [-0.1, -0.05) is 15.9 Å². The highest BCUT2D eigenvalue weighted by Crippen LogP contribution is 2.28. The summed E-state index contributed by atoms with van der Waals surface area (Å²) < 4.78 is 16.8. The summed E-state index contributed by atoms with van der Waals surface area (Å²) in [6.07, 6.45) is 1.52. The van der Waals surface area contributed by atoms with E-state index in [4.69, 9.17) is 14.2 Å². The summed E-state index contributed by atoms with van der Waals surface area (Å²) in [7, 11) is 3.12. The van der Waals surface area contributed by atoms with Crippen LogP contribution in [0.4, 0.5) is 0 Å². The first-order valence-electron chi connectivity index (χ1n) is 7.56. The van der Waals surface area contributed by atoms with Crippen LogP contribution in [0, 0.1) is 0 Å². The Morgan fingerprint density at radius 1 is 1.12 bits per heavy atom. The molecule has 2 rings (SSSR count). The van der Waals surface area contributed by atoms with Gasteiger partial charge in [0.25, 0.3) is 5.91 Å². The SMILES string of the molecule is CCOc1cc(C(=O)N/N=C/c2cc(Br)ccc2OC)ccc1OC. The van der Waals surface area contributed by atoms with Gasteiger partial charge in [0.05, 0.1) is 27.0 Å². The fourth-order valence-corrected chi connectivity index (χ4v) is 2.50. The Morgan fingerprint density at radius 3 is 2.52 bits per heavy atom. The van der Waals surface area contributed by atoms with E-state index < -0.39 is 0 Å². The van der Waals surface area contributed by atoms with Crippen molar-refractivity contribution in [2.24, 2.45) is 5.10 Å². The maximum absolute atomic E-state index is 12.3. The van der Waals surface area contributed by atoms with E-state index in [9.17, 15) is 4.79 Å². The lowest BCUT2D eigenvalue weighted by Crippen LogP contribution is -2.17. The van der Waals surface area contributed by atoms with Gasteiger partial charge < -0.3 is 14.2 Å². The molecular formula is C18H19BrN2O4. The number of rotatable bonds is 7. The second-order valence-corrected chi connectivity index (χ2v) is 5.80. The molecule has 0 saturated carbocycles. The predicted molar refractivity (Wildman–Crippen MR) is 99.9 cm³/mol. The van der Waals surface area contributed by atoms with Crippen molar-refractivity contribution >= 4 is 28.1 Å². The molecule has 132 valence electrons. The van der Waals surface area contributed by atoms with Gasteiger partial charge in [-0.15, -0.1) is 0 Å². The fourth-order valence-electron chi connectivity index (χ4n) is 2.12. The number of carbonyl (C=O) groups is 1. The molecule has 6 nitrogen and oxygen atoms in total. The third kappa shape index (κ3) is 4.96. The predicted octanol–water partition coefficient (Wildman–Crippen LogP) is 3.63. The van der Waals surface area contributed by atoms with Crippen LogP contribution >= 0.6 is 15.9 Å². The summed E-state index contributed by atoms with van der Waals surface area (Å²) >= 11 is 3.39. The number of amides is 1. The Balaban J connectivity index is 2.12. The van der Waals surface area contributed by atoms with Crippen molar-refractivity contribution in [3.63, 3.8) is 0 Å². The number of ether oxygens (including phenoxy) is 3. The van der Waals surface area contributed by atoms with Crippen LogP contribution < -0.4 is 19.6 Å². The third-order valence-corrected chi connectivity index (χ3v) is 3.78. The van der Waals surface area contributed by atoms with Crippen molar-refractivity contribution in [1.82, 2.24) is 5.43 Å². The fraction of sp³-hybridized carbons (Fsp3) is 0.222. The molecule has 2 aromatic rings. The Hall–Kier alpha value is -2.54. The molecule has 0 radical (unpaired) electrons. The van der Waals surface area contributed by atoms with E-state index >= 15 is 0 Å². The van der Waals surface area contributed by atoms with Gasteiger partial charge in [-0.05, 0) is 43.3 Å². The Kier molecular flexibility index (Phi) is 6.82. The molecule has 0 fully saturated rings. The molecule has 0 aliphatic heterocycles. The van der Waals surface area contributed by atoms with E-state index in [0.29, 0.717) is 29.4 Å². The van der Waals surface area contributed by atoms with Crippen LogP contribution in [0.3, 0.4) is 0 Å². The Bertz CT molecular complexity index is 778. The summed E-state index contributed by atoms with van der Waals surface area (Å²) in [6, 6.07) is 10.5. The first-order chi connectivity index (χ1) is 12.1.